The van der Waals surface area contributed by atoms with Crippen LogP contribution in [0.15, 0.2) is 59.3 Å². The largest absolute Gasteiger partial charge is 0.468 e. The number of β-amino-alcohol motifs (C(OH)–C–C–N with tert-alkyl or cyclic N) is 1. The second kappa shape index (κ2) is 8.27. The van der Waals surface area contributed by atoms with Gasteiger partial charge in [-0.1, -0.05) is 18.2 Å². The summed E-state index contributed by atoms with van der Waals surface area (Å²) in [5.74, 6) is 1.34. The third-order valence-corrected chi connectivity index (χ3v) is 6.69. The van der Waals surface area contributed by atoms with Gasteiger partial charge in [0.15, 0.2) is 0 Å². The van der Waals surface area contributed by atoms with E-state index in [1.807, 2.05) is 18.3 Å². The predicted octanol–water partition coefficient (Wildman–Crippen LogP) is 3.33. The van der Waals surface area contributed by atoms with E-state index in [0.717, 1.165) is 50.4 Å². The Kier molecular flexibility index (Phi) is 5.36. The van der Waals surface area contributed by atoms with Crippen LogP contribution in [-0.2, 0) is 13.0 Å². The summed E-state index contributed by atoms with van der Waals surface area (Å²) < 4.78 is 5.49. The van der Waals surface area contributed by atoms with E-state index < -0.39 is 0 Å². The minimum atomic E-state index is -0.247. The molecule has 4 heterocycles. The average molecular weight is 392 g/mol. The Bertz CT molecular complexity index is 929. The highest BCUT2D eigenvalue weighted by atomic mass is 16.3. The van der Waals surface area contributed by atoms with Gasteiger partial charge in [-0.25, -0.2) is 0 Å². The maximum atomic E-state index is 10.8. The lowest BCUT2D eigenvalue weighted by atomic mass is 9.94. The molecular weight excluding hydrogens is 362 g/mol. The van der Waals surface area contributed by atoms with Crippen LogP contribution in [0.2, 0.25) is 0 Å². The van der Waals surface area contributed by atoms with Crippen LogP contribution in [0.1, 0.15) is 24.2 Å². The van der Waals surface area contributed by atoms with Gasteiger partial charge in [-0.2, -0.15) is 0 Å². The van der Waals surface area contributed by atoms with Crippen LogP contribution in [0, 0.1) is 5.92 Å². The van der Waals surface area contributed by atoms with Crippen LogP contribution >= 0.6 is 0 Å². The molecule has 0 spiro atoms. The molecule has 29 heavy (non-hydrogen) atoms. The third kappa shape index (κ3) is 4.08. The second-order valence-corrected chi connectivity index (χ2v) is 8.56. The van der Waals surface area contributed by atoms with Crippen molar-refractivity contribution in [3.05, 3.63) is 66.2 Å². The zero-order valence-corrected chi connectivity index (χ0v) is 16.8. The van der Waals surface area contributed by atoms with E-state index in [1.54, 1.807) is 6.26 Å². The molecule has 5 nitrogen and oxygen atoms in total. The van der Waals surface area contributed by atoms with Crippen molar-refractivity contribution in [2.45, 2.75) is 38.0 Å². The summed E-state index contributed by atoms with van der Waals surface area (Å²) in [4.78, 5) is 9.48. The van der Waals surface area contributed by atoms with Crippen molar-refractivity contribution >= 4 is 10.9 Å². The van der Waals surface area contributed by atoms with E-state index in [4.69, 9.17) is 4.42 Å². The van der Waals surface area contributed by atoms with Crippen molar-refractivity contribution in [3.8, 4) is 0 Å². The molecule has 1 aromatic carbocycles. The van der Waals surface area contributed by atoms with E-state index in [0.29, 0.717) is 12.0 Å². The number of aromatic nitrogens is 1. The standard InChI is InChI=1S/C24H29N3O2/c28-24-17-27(20-8-11-26(12-9-20)16-21-4-3-13-29-21)15-19(24)14-18-7-10-25-23-6-2-1-5-22(18)23/h1-7,10,13,19-20,24,28H,8-9,11-12,14-17H2/t19-,24-/m1/s1. The van der Waals surface area contributed by atoms with Crippen molar-refractivity contribution in [2.24, 2.45) is 5.92 Å². The normalized spacial score (nSPS) is 24.4. The van der Waals surface area contributed by atoms with Crippen LogP contribution in [0.4, 0.5) is 0 Å². The molecule has 0 bridgehead atoms. The minimum absolute atomic E-state index is 0.247. The highest BCUT2D eigenvalue weighted by Gasteiger charge is 2.36. The van der Waals surface area contributed by atoms with Crippen LogP contribution in [0.5, 0.6) is 0 Å². The molecule has 0 unspecified atom stereocenters. The van der Waals surface area contributed by atoms with Gasteiger partial charge in [-0.15, -0.1) is 0 Å². The molecule has 0 saturated carbocycles. The summed E-state index contributed by atoms with van der Waals surface area (Å²) in [7, 11) is 0. The lowest BCUT2D eigenvalue weighted by Crippen LogP contribution is -2.44. The topological polar surface area (TPSA) is 52.7 Å². The van der Waals surface area contributed by atoms with E-state index in [-0.39, 0.29) is 6.10 Å². The Balaban J connectivity index is 1.19. The van der Waals surface area contributed by atoms with Crippen LogP contribution < -0.4 is 0 Å². The SMILES string of the molecule is O[C@@H]1CN(C2CCN(Cc3ccco3)CC2)C[C@H]1Cc1ccnc2ccccc12. The van der Waals surface area contributed by atoms with Crippen LogP contribution in [-0.4, -0.2) is 58.2 Å². The number of furan rings is 1. The molecule has 2 aliphatic heterocycles. The van der Waals surface area contributed by atoms with Gasteiger partial charge in [0, 0.05) is 49.7 Å². The maximum absolute atomic E-state index is 10.8. The average Bonchev–Trinajstić information content (AvgIpc) is 3.39. The summed E-state index contributed by atoms with van der Waals surface area (Å²) in [5, 5.41) is 12.0. The van der Waals surface area contributed by atoms with Gasteiger partial charge in [0.1, 0.15) is 5.76 Å². The van der Waals surface area contributed by atoms with E-state index in [1.165, 1.54) is 23.8 Å². The molecule has 2 atom stereocenters. The third-order valence-electron chi connectivity index (χ3n) is 6.69. The van der Waals surface area contributed by atoms with Crippen molar-refractivity contribution in [1.82, 2.24) is 14.8 Å². The van der Waals surface area contributed by atoms with Crippen molar-refractivity contribution in [1.29, 1.82) is 0 Å². The highest BCUT2D eigenvalue weighted by molar-refractivity contribution is 5.81. The number of hydrogen-bond donors (Lipinski definition) is 1. The number of pyridine rings is 1. The first-order valence-corrected chi connectivity index (χ1v) is 10.8. The Labute approximate surface area is 172 Å². The lowest BCUT2D eigenvalue weighted by molar-refractivity contribution is 0.101. The van der Waals surface area contributed by atoms with Gasteiger partial charge in [-0.3, -0.25) is 14.8 Å². The first-order valence-electron chi connectivity index (χ1n) is 10.8. The van der Waals surface area contributed by atoms with E-state index >= 15 is 0 Å². The number of piperidine rings is 1. The number of likely N-dealkylation sites (tertiary alicyclic amines) is 2. The molecule has 0 radical (unpaired) electrons. The fourth-order valence-corrected chi connectivity index (χ4v) is 5.07. The number of nitrogens with zero attached hydrogens (tertiary/aromatic N) is 3. The number of hydrogen-bond acceptors (Lipinski definition) is 5. The Morgan fingerprint density at radius 1 is 1.03 bits per heavy atom. The molecule has 5 rings (SSSR count). The summed E-state index contributed by atoms with van der Waals surface area (Å²) >= 11 is 0. The number of fused-ring (bicyclic) bond motifs is 1. The van der Waals surface area contributed by atoms with Crippen molar-refractivity contribution in [2.75, 3.05) is 26.2 Å². The van der Waals surface area contributed by atoms with Crippen LogP contribution in [0.25, 0.3) is 10.9 Å². The quantitative estimate of drug-likeness (QED) is 0.723. The molecule has 2 aromatic heterocycles. The highest BCUT2D eigenvalue weighted by Crippen LogP contribution is 2.29. The summed E-state index contributed by atoms with van der Waals surface area (Å²) in [6.45, 7) is 4.88. The second-order valence-electron chi connectivity index (χ2n) is 8.56. The summed E-state index contributed by atoms with van der Waals surface area (Å²) in [6, 6.07) is 15.0. The summed E-state index contributed by atoms with van der Waals surface area (Å²) in [6.07, 6.45) is 6.64. The molecule has 2 saturated heterocycles. The zero-order chi connectivity index (χ0) is 19.6. The predicted molar refractivity (Wildman–Crippen MR) is 114 cm³/mol. The molecular formula is C24H29N3O2. The Morgan fingerprint density at radius 3 is 2.72 bits per heavy atom. The number of rotatable bonds is 5. The number of para-hydroxylation sites is 1. The number of benzene rings is 1. The first-order chi connectivity index (χ1) is 14.3. The minimum Gasteiger partial charge on any atom is -0.468 e. The monoisotopic (exact) mass is 391 g/mol. The van der Waals surface area contributed by atoms with Crippen molar-refractivity contribution < 1.29 is 9.52 Å². The van der Waals surface area contributed by atoms with Gasteiger partial charge >= 0.3 is 0 Å². The number of aliphatic hydroxyl groups is 1. The fourth-order valence-electron chi connectivity index (χ4n) is 5.07. The molecule has 5 heteroatoms. The summed E-state index contributed by atoms with van der Waals surface area (Å²) in [5.41, 5.74) is 2.34. The van der Waals surface area contributed by atoms with Gasteiger partial charge < -0.3 is 9.52 Å². The molecule has 0 amide bonds. The number of aliphatic hydroxyl groups excluding tert-OH is 1. The smallest absolute Gasteiger partial charge is 0.117 e. The first kappa shape index (κ1) is 18.8. The molecule has 2 aliphatic rings. The van der Waals surface area contributed by atoms with Gasteiger partial charge in [0.25, 0.3) is 0 Å². The van der Waals surface area contributed by atoms with Gasteiger partial charge in [0.05, 0.1) is 24.4 Å². The Morgan fingerprint density at radius 2 is 1.90 bits per heavy atom. The molecule has 1 N–H and O–H groups in total. The van der Waals surface area contributed by atoms with E-state index in [2.05, 4.69) is 45.1 Å². The molecule has 152 valence electrons. The van der Waals surface area contributed by atoms with E-state index in [9.17, 15) is 5.11 Å². The van der Waals surface area contributed by atoms with Gasteiger partial charge in [-0.05, 0) is 49.1 Å². The molecule has 2 fully saturated rings. The molecule has 0 aliphatic carbocycles. The van der Waals surface area contributed by atoms with Crippen LogP contribution in [0.3, 0.4) is 0 Å². The lowest BCUT2D eigenvalue weighted by Gasteiger charge is -2.36. The Hall–Kier alpha value is -2.21. The fraction of sp³-hybridized carbons (Fsp3) is 0.458. The molecule has 3 aromatic rings. The van der Waals surface area contributed by atoms with Crippen molar-refractivity contribution in [3.63, 3.8) is 0 Å². The van der Waals surface area contributed by atoms with Gasteiger partial charge in [0.2, 0.25) is 0 Å². The zero-order valence-electron chi connectivity index (χ0n) is 16.8. The maximum Gasteiger partial charge on any atom is 0.117 e.